The maximum atomic E-state index is 12.5. The van der Waals surface area contributed by atoms with Gasteiger partial charge in [-0.1, -0.05) is 32.0 Å². The Balaban J connectivity index is 2.05. The fraction of sp³-hybridized carbons (Fsp3) is 0.333. The predicted octanol–water partition coefficient (Wildman–Crippen LogP) is 3.79. The molecule has 2 atom stereocenters. The first kappa shape index (κ1) is 21.6. The minimum atomic E-state index is -3.35. The van der Waals surface area contributed by atoms with Crippen LogP contribution in [0.15, 0.2) is 53.4 Å². The number of carbonyl (C=O) groups excluding carboxylic acids is 2. The van der Waals surface area contributed by atoms with Gasteiger partial charge in [0.15, 0.2) is 15.9 Å². The van der Waals surface area contributed by atoms with Crippen molar-refractivity contribution in [2.45, 2.75) is 44.1 Å². The zero-order valence-electron chi connectivity index (χ0n) is 16.4. The summed E-state index contributed by atoms with van der Waals surface area (Å²) in [5.74, 6) is -0.850. The zero-order chi connectivity index (χ0) is 20.9. The summed E-state index contributed by atoms with van der Waals surface area (Å²) in [6.07, 6.45) is 1.01. The highest BCUT2D eigenvalue weighted by molar-refractivity contribution is 7.90. The number of rotatable bonds is 7. The number of nitrogens with one attached hydrogen (secondary N) is 1. The average Bonchev–Trinajstić information content (AvgIpc) is 2.67. The summed E-state index contributed by atoms with van der Waals surface area (Å²) >= 11 is 0. The van der Waals surface area contributed by atoms with E-state index in [1.165, 1.54) is 31.2 Å². The molecule has 0 unspecified atom stereocenters. The highest BCUT2D eigenvalue weighted by Gasteiger charge is 2.21. The SMILES string of the molecule is CC[C@@H](C)c1ccccc1NC(=O)[C@@H](C)OC(=O)c1ccc(S(C)(=O)=O)cc1. The Hall–Kier alpha value is -2.67. The fourth-order valence-electron chi connectivity index (χ4n) is 2.62. The Kier molecular flexibility index (Phi) is 6.96. The van der Waals surface area contributed by atoms with E-state index in [0.29, 0.717) is 5.69 Å². The van der Waals surface area contributed by atoms with Gasteiger partial charge in [-0.25, -0.2) is 13.2 Å². The van der Waals surface area contributed by atoms with Crippen LogP contribution < -0.4 is 5.32 Å². The van der Waals surface area contributed by atoms with Crippen LogP contribution in [0.1, 0.15) is 49.0 Å². The lowest BCUT2D eigenvalue weighted by Crippen LogP contribution is -2.30. The van der Waals surface area contributed by atoms with E-state index in [1.807, 2.05) is 24.3 Å². The van der Waals surface area contributed by atoms with Gasteiger partial charge in [0.05, 0.1) is 10.5 Å². The highest BCUT2D eigenvalue weighted by atomic mass is 32.2. The summed E-state index contributed by atoms with van der Waals surface area (Å²) in [7, 11) is -3.35. The number of amides is 1. The summed E-state index contributed by atoms with van der Waals surface area (Å²) < 4.78 is 28.2. The third-order valence-corrected chi connectivity index (χ3v) is 5.66. The van der Waals surface area contributed by atoms with E-state index in [9.17, 15) is 18.0 Å². The van der Waals surface area contributed by atoms with Gasteiger partial charge in [0.25, 0.3) is 5.91 Å². The van der Waals surface area contributed by atoms with Crippen LogP contribution in [0.3, 0.4) is 0 Å². The third kappa shape index (κ3) is 5.42. The van der Waals surface area contributed by atoms with E-state index in [4.69, 9.17) is 4.74 Å². The van der Waals surface area contributed by atoms with Crippen molar-refractivity contribution >= 4 is 27.4 Å². The van der Waals surface area contributed by atoms with Crippen LogP contribution in [0, 0.1) is 0 Å². The van der Waals surface area contributed by atoms with Gasteiger partial charge < -0.3 is 10.1 Å². The fourth-order valence-corrected chi connectivity index (χ4v) is 3.25. The maximum Gasteiger partial charge on any atom is 0.338 e. The Morgan fingerprint density at radius 2 is 1.64 bits per heavy atom. The van der Waals surface area contributed by atoms with E-state index in [-0.39, 0.29) is 16.4 Å². The van der Waals surface area contributed by atoms with Crippen molar-refractivity contribution in [3.63, 3.8) is 0 Å². The van der Waals surface area contributed by atoms with Gasteiger partial charge in [0, 0.05) is 11.9 Å². The second-order valence-electron chi connectivity index (χ2n) is 6.73. The van der Waals surface area contributed by atoms with Crippen LogP contribution >= 0.6 is 0 Å². The molecular weight excluding hydrogens is 378 g/mol. The molecule has 0 aromatic heterocycles. The normalized spacial score (nSPS) is 13.4. The van der Waals surface area contributed by atoms with Crippen molar-refractivity contribution < 1.29 is 22.7 Å². The molecule has 1 N–H and O–H groups in total. The molecular formula is C21H25NO5S. The average molecular weight is 404 g/mol. The van der Waals surface area contributed by atoms with E-state index < -0.39 is 27.8 Å². The molecule has 2 aromatic carbocycles. The van der Waals surface area contributed by atoms with E-state index in [1.54, 1.807) is 0 Å². The Morgan fingerprint density at radius 1 is 1.04 bits per heavy atom. The van der Waals surface area contributed by atoms with Crippen LogP contribution in [0.4, 0.5) is 5.69 Å². The topological polar surface area (TPSA) is 89.5 Å². The molecule has 0 bridgehead atoms. The van der Waals surface area contributed by atoms with Crippen molar-refractivity contribution in [1.29, 1.82) is 0 Å². The Bertz CT molecular complexity index is 951. The number of sulfone groups is 1. The second-order valence-corrected chi connectivity index (χ2v) is 8.75. The van der Waals surface area contributed by atoms with Gasteiger partial charge in [-0.15, -0.1) is 0 Å². The molecule has 0 spiro atoms. The molecule has 0 saturated heterocycles. The quantitative estimate of drug-likeness (QED) is 0.711. The number of ether oxygens (including phenoxy) is 1. The zero-order valence-corrected chi connectivity index (χ0v) is 17.2. The standard InChI is InChI=1S/C21H25NO5S/c1-5-14(2)18-8-6-7-9-19(18)22-20(23)15(3)27-21(24)16-10-12-17(13-11-16)28(4,25)26/h6-15H,5H2,1-4H3,(H,22,23)/t14-,15-/m1/s1. The van der Waals surface area contributed by atoms with Crippen molar-refractivity contribution in [3.8, 4) is 0 Å². The van der Waals surface area contributed by atoms with Gasteiger partial charge >= 0.3 is 5.97 Å². The molecule has 2 aromatic rings. The van der Waals surface area contributed by atoms with Gasteiger partial charge in [0.1, 0.15) is 0 Å². The molecule has 6 nitrogen and oxygen atoms in total. The lowest BCUT2D eigenvalue weighted by Gasteiger charge is -2.18. The number of hydrogen-bond donors (Lipinski definition) is 1. The van der Waals surface area contributed by atoms with Crippen molar-refractivity contribution in [2.75, 3.05) is 11.6 Å². The first-order chi connectivity index (χ1) is 13.1. The molecule has 0 saturated carbocycles. The number of para-hydroxylation sites is 1. The molecule has 0 heterocycles. The number of carbonyl (C=O) groups is 2. The molecule has 0 radical (unpaired) electrons. The van der Waals surface area contributed by atoms with E-state index >= 15 is 0 Å². The van der Waals surface area contributed by atoms with Crippen LogP contribution in [0.5, 0.6) is 0 Å². The molecule has 0 aliphatic heterocycles. The van der Waals surface area contributed by atoms with Crippen molar-refractivity contribution in [1.82, 2.24) is 0 Å². The highest BCUT2D eigenvalue weighted by Crippen LogP contribution is 2.26. The van der Waals surface area contributed by atoms with Crippen LogP contribution in [-0.4, -0.2) is 32.7 Å². The summed E-state index contributed by atoms with van der Waals surface area (Å²) in [5, 5.41) is 2.82. The molecule has 28 heavy (non-hydrogen) atoms. The number of esters is 1. The molecule has 7 heteroatoms. The van der Waals surface area contributed by atoms with Crippen molar-refractivity contribution in [3.05, 3.63) is 59.7 Å². The van der Waals surface area contributed by atoms with E-state index in [2.05, 4.69) is 19.2 Å². The van der Waals surface area contributed by atoms with Gasteiger partial charge in [-0.05, 0) is 55.2 Å². The molecule has 1 amide bonds. The van der Waals surface area contributed by atoms with Crippen molar-refractivity contribution in [2.24, 2.45) is 0 Å². The summed E-state index contributed by atoms with van der Waals surface area (Å²) in [6.45, 7) is 5.64. The summed E-state index contributed by atoms with van der Waals surface area (Å²) in [6, 6.07) is 12.9. The first-order valence-electron chi connectivity index (χ1n) is 9.04. The van der Waals surface area contributed by atoms with Crippen LogP contribution in [-0.2, 0) is 19.4 Å². The van der Waals surface area contributed by atoms with Gasteiger partial charge in [0.2, 0.25) is 0 Å². The lowest BCUT2D eigenvalue weighted by atomic mass is 9.97. The second kappa shape index (κ2) is 9.01. The number of hydrogen-bond acceptors (Lipinski definition) is 5. The minimum Gasteiger partial charge on any atom is -0.449 e. The lowest BCUT2D eigenvalue weighted by molar-refractivity contribution is -0.123. The maximum absolute atomic E-state index is 12.5. The molecule has 0 fully saturated rings. The first-order valence-corrected chi connectivity index (χ1v) is 10.9. The molecule has 0 aliphatic carbocycles. The monoisotopic (exact) mass is 403 g/mol. The summed E-state index contributed by atoms with van der Waals surface area (Å²) in [4.78, 5) is 24.8. The number of benzene rings is 2. The molecule has 150 valence electrons. The number of anilines is 1. The minimum absolute atomic E-state index is 0.108. The molecule has 2 rings (SSSR count). The third-order valence-electron chi connectivity index (χ3n) is 4.53. The Morgan fingerprint density at radius 3 is 2.21 bits per heavy atom. The van der Waals surface area contributed by atoms with Gasteiger partial charge in [-0.2, -0.15) is 0 Å². The van der Waals surface area contributed by atoms with Gasteiger partial charge in [-0.3, -0.25) is 4.79 Å². The largest absolute Gasteiger partial charge is 0.449 e. The summed E-state index contributed by atoms with van der Waals surface area (Å²) in [5.41, 5.74) is 1.89. The van der Waals surface area contributed by atoms with Crippen LogP contribution in [0.2, 0.25) is 0 Å². The van der Waals surface area contributed by atoms with Crippen LogP contribution in [0.25, 0.3) is 0 Å². The van der Waals surface area contributed by atoms with E-state index in [0.717, 1.165) is 18.2 Å². The predicted molar refractivity (Wildman–Crippen MR) is 108 cm³/mol. The smallest absolute Gasteiger partial charge is 0.338 e. The molecule has 0 aliphatic rings. The Labute approximate surface area is 165 Å².